The number of nitrogens with zero attached hydrogens (tertiary/aromatic N) is 3. The van der Waals surface area contributed by atoms with Gasteiger partial charge in [0.15, 0.2) is 0 Å². The van der Waals surface area contributed by atoms with E-state index in [4.69, 9.17) is 4.98 Å². The molecule has 0 spiro atoms. The third-order valence-corrected chi connectivity index (χ3v) is 4.29. The summed E-state index contributed by atoms with van der Waals surface area (Å²) in [6.45, 7) is 6.68. The molecular formula is C22H26N4. The van der Waals surface area contributed by atoms with Crippen LogP contribution in [0.1, 0.15) is 23.7 Å². The van der Waals surface area contributed by atoms with Crippen LogP contribution in [0, 0.1) is 6.92 Å². The maximum atomic E-state index is 4.74. The Labute approximate surface area is 155 Å². The van der Waals surface area contributed by atoms with Gasteiger partial charge in [0.2, 0.25) is 5.95 Å². The number of nitrogens with one attached hydrogen (secondary N) is 1. The molecule has 0 atom stereocenters. The van der Waals surface area contributed by atoms with Crippen molar-refractivity contribution in [2.45, 2.75) is 26.8 Å². The molecule has 1 heterocycles. The fourth-order valence-corrected chi connectivity index (χ4v) is 2.89. The van der Waals surface area contributed by atoms with Crippen LogP contribution in [0.15, 0.2) is 66.7 Å². The minimum absolute atomic E-state index is 0.776. The van der Waals surface area contributed by atoms with Gasteiger partial charge in [-0.25, -0.2) is 4.98 Å². The molecule has 0 aliphatic heterocycles. The van der Waals surface area contributed by atoms with Crippen LogP contribution in [0.4, 0.5) is 11.8 Å². The minimum atomic E-state index is 0.776. The van der Waals surface area contributed by atoms with Crippen molar-refractivity contribution in [3.05, 3.63) is 83.6 Å². The lowest BCUT2D eigenvalue weighted by molar-refractivity contribution is 0.787. The number of aryl methyl sites for hydroxylation is 1. The van der Waals surface area contributed by atoms with Crippen LogP contribution < -0.4 is 10.2 Å². The van der Waals surface area contributed by atoms with Crippen molar-refractivity contribution in [1.82, 2.24) is 9.97 Å². The summed E-state index contributed by atoms with van der Waals surface area (Å²) in [4.78, 5) is 11.6. The van der Waals surface area contributed by atoms with Gasteiger partial charge in [-0.3, -0.25) is 0 Å². The van der Waals surface area contributed by atoms with Crippen LogP contribution in [0.3, 0.4) is 0 Å². The van der Waals surface area contributed by atoms with Gasteiger partial charge in [0.05, 0.1) is 0 Å². The van der Waals surface area contributed by atoms with E-state index < -0.39 is 0 Å². The summed E-state index contributed by atoms with van der Waals surface area (Å²) in [5, 5.41) is 3.44. The van der Waals surface area contributed by atoms with Gasteiger partial charge in [-0.05, 0) is 31.4 Å². The zero-order chi connectivity index (χ0) is 18.2. The van der Waals surface area contributed by atoms with Gasteiger partial charge in [-0.15, -0.1) is 0 Å². The Morgan fingerprint density at radius 2 is 1.54 bits per heavy atom. The molecule has 0 aliphatic carbocycles. The van der Waals surface area contributed by atoms with Crippen LogP contribution in [0.5, 0.6) is 0 Å². The Hall–Kier alpha value is -2.88. The van der Waals surface area contributed by atoms with Crippen molar-refractivity contribution in [1.29, 1.82) is 0 Å². The molecule has 0 fully saturated rings. The summed E-state index contributed by atoms with van der Waals surface area (Å²) in [5.74, 6) is 1.66. The third kappa shape index (κ3) is 5.06. The molecule has 2 aromatic carbocycles. The molecular weight excluding hydrogens is 320 g/mol. The lowest BCUT2D eigenvalue weighted by atomic mass is 10.1. The second kappa shape index (κ2) is 8.99. The van der Waals surface area contributed by atoms with E-state index in [9.17, 15) is 0 Å². The molecule has 0 saturated carbocycles. The molecule has 0 amide bonds. The summed E-state index contributed by atoms with van der Waals surface area (Å²) < 4.78 is 0. The van der Waals surface area contributed by atoms with Crippen molar-refractivity contribution >= 4 is 11.8 Å². The first-order valence-corrected chi connectivity index (χ1v) is 9.17. The average molecular weight is 346 g/mol. The first-order valence-electron chi connectivity index (χ1n) is 9.17. The molecule has 0 aliphatic rings. The lowest BCUT2D eigenvalue weighted by Gasteiger charge is -2.22. The van der Waals surface area contributed by atoms with Gasteiger partial charge in [0.1, 0.15) is 5.82 Å². The zero-order valence-electron chi connectivity index (χ0n) is 15.5. The molecule has 4 heteroatoms. The van der Waals surface area contributed by atoms with Crippen molar-refractivity contribution < 1.29 is 0 Å². The van der Waals surface area contributed by atoms with E-state index in [0.717, 1.165) is 43.5 Å². The molecule has 0 unspecified atom stereocenters. The highest BCUT2D eigenvalue weighted by Gasteiger charge is 2.10. The Balaban J connectivity index is 1.67. The summed E-state index contributed by atoms with van der Waals surface area (Å²) in [6, 6.07) is 22.9. The van der Waals surface area contributed by atoms with Gasteiger partial charge < -0.3 is 10.2 Å². The number of hydrogen-bond acceptors (Lipinski definition) is 4. The Kier molecular flexibility index (Phi) is 6.20. The van der Waals surface area contributed by atoms with Crippen LogP contribution in [-0.4, -0.2) is 23.1 Å². The average Bonchev–Trinajstić information content (AvgIpc) is 2.67. The Morgan fingerprint density at radius 1 is 0.885 bits per heavy atom. The summed E-state index contributed by atoms with van der Waals surface area (Å²) >= 11 is 0. The number of anilines is 2. The monoisotopic (exact) mass is 346 g/mol. The Morgan fingerprint density at radius 3 is 2.19 bits per heavy atom. The molecule has 3 aromatic rings. The topological polar surface area (TPSA) is 41.1 Å². The zero-order valence-corrected chi connectivity index (χ0v) is 15.5. The van der Waals surface area contributed by atoms with Gasteiger partial charge in [0, 0.05) is 31.4 Å². The molecule has 0 radical (unpaired) electrons. The molecule has 26 heavy (non-hydrogen) atoms. The third-order valence-electron chi connectivity index (χ3n) is 4.29. The fraction of sp³-hybridized carbons (Fsp3) is 0.273. The van der Waals surface area contributed by atoms with Crippen molar-refractivity contribution in [3.63, 3.8) is 0 Å². The molecule has 134 valence electrons. The first kappa shape index (κ1) is 17.9. The maximum Gasteiger partial charge on any atom is 0.227 e. The predicted molar refractivity (Wildman–Crippen MR) is 109 cm³/mol. The SMILES string of the molecule is CCN(Cc1ccccc1)c1nc(C)cc(NCCc2ccccc2)n1. The summed E-state index contributed by atoms with van der Waals surface area (Å²) in [7, 11) is 0. The molecule has 0 bridgehead atoms. The van der Waals surface area contributed by atoms with E-state index in [2.05, 4.69) is 70.7 Å². The standard InChI is InChI=1S/C22H26N4/c1-3-26(17-20-12-8-5-9-13-20)22-24-18(2)16-21(25-22)23-15-14-19-10-6-4-7-11-19/h4-13,16H,3,14-15,17H2,1-2H3,(H,23,24,25). The molecule has 3 rings (SSSR count). The first-order chi connectivity index (χ1) is 12.7. The van der Waals surface area contributed by atoms with Gasteiger partial charge in [0.25, 0.3) is 0 Å². The smallest absolute Gasteiger partial charge is 0.227 e. The summed E-state index contributed by atoms with van der Waals surface area (Å²) in [5.41, 5.74) is 3.56. The molecule has 4 nitrogen and oxygen atoms in total. The minimum Gasteiger partial charge on any atom is -0.370 e. The number of aromatic nitrogens is 2. The highest BCUT2D eigenvalue weighted by Crippen LogP contribution is 2.16. The number of benzene rings is 2. The summed E-state index contributed by atoms with van der Waals surface area (Å²) in [6.07, 6.45) is 0.973. The maximum absolute atomic E-state index is 4.74. The van der Waals surface area contributed by atoms with Crippen LogP contribution in [0.25, 0.3) is 0 Å². The van der Waals surface area contributed by atoms with Crippen molar-refractivity contribution in [2.24, 2.45) is 0 Å². The van der Waals surface area contributed by atoms with E-state index in [1.165, 1.54) is 11.1 Å². The van der Waals surface area contributed by atoms with E-state index in [0.29, 0.717) is 0 Å². The second-order valence-electron chi connectivity index (χ2n) is 6.36. The van der Waals surface area contributed by atoms with Crippen LogP contribution in [0.2, 0.25) is 0 Å². The van der Waals surface area contributed by atoms with E-state index >= 15 is 0 Å². The molecule has 1 N–H and O–H groups in total. The largest absolute Gasteiger partial charge is 0.370 e. The van der Waals surface area contributed by atoms with Crippen molar-refractivity contribution in [3.8, 4) is 0 Å². The number of hydrogen-bond donors (Lipinski definition) is 1. The van der Waals surface area contributed by atoms with E-state index in [1.807, 2.05) is 25.1 Å². The second-order valence-corrected chi connectivity index (χ2v) is 6.36. The van der Waals surface area contributed by atoms with Gasteiger partial charge in [-0.1, -0.05) is 60.7 Å². The fourth-order valence-electron chi connectivity index (χ4n) is 2.89. The Bertz CT molecular complexity index is 803. The van der Waals surface area contributed by atoms with Crippen molar-refractivity contribution in [2.75, 3.05) is 23.3 Å². The highest BCUT2D eigenvalue weighted by molar-refractivity contribution is 5.44. The molecule has 0 saturated heterocycles. The lowest BCUT2D eigenvalue weighted by Crippen LogP contribution is -2.25. The van der Waals surface area contributed by atoms with Gasteiger partial charge in [-0.2, -0.15) is 4.98 Å². The van der Waals surface area contributed by atoms with Crippen LogP contribution >= 0.6 is 0 Å². The normalized spacial score (nSPS) is 10.5. The predicted octanol–water partition coefficient (Wildman–Crippen LogP) is 4.47. The van der Waals surface area contributed by atoms with Gasteiger partial charge >= 0.3 is 0 Å². The molecule has 1 aromatic heterocycles. The van der Waals surface area contributed by atoms with E-state index in [1.54, 1.807) is 0 Å². The number of rotatable bonds is 8. The quantitative estimate of drug-likeness (QED) is 0.653. The highest BCUT2D eigenvalue weighted by atomic mass is 15.3. The van der Waals surface area contributed by atoms with E-state index in [-0.39, 0.29) is 0 Å². The van der Waals surface area contributed by atoms with Crippen LogP contribution in [-0.2, 0) is 13.0 Å².